The molecule has 0 amide bonds. The van der Waals surface area contributed by atoms with Crippen LogP contribution in [0.5, 0.6) is 0 Å². The van der Waals surface area contributed by atoms with Gasteiger partial charge in [0, 0.05) is 25.9 Å². The second-order valence-corrected chi connectivity index (χ2v) is 9.23. The van der Waals surface area contributed by atoms with Gasteiger partial charge in [-0.15, -0.1) is 0 Å². The minimum atomic E-state index is -0.754. The molecule has 0 aliphatic rings. The normalized spacial score (nSPS) is 13.6. The summed E-state index contributed by atoms with van der Waals surface area (Å²) in [5, 5.41) is 4.44. The maximum Gasteiger partial charge on any atom is 0.511 e. The Morgan fingerprint density at radius 3 is 2.36 bits per heavy atom. The second kappa shape index (κ2) is 11.7. The fourth-order valence-electron chi connectivity index (χ4n) is 3.16. The zero-order valence-corrected chi connectivity index (χ0v) is 21.1. The standard InChI is InChI=1S/C26H37N3O4/c1-9-18(2)16-31-25(30)33-17-32-24(23-14-19(3)28-29(23)8)22(15-27-7)20-10-12-21(13-11-20)26(4,5)6/h10-15,18H,9,16-17H2,1-8H3/b24-22-,27-15-. The van der Waals surface area contributed by atoms with Crippen LogP contribution in [-0.4, -0.2) is 42.6 Å². The third kappa shape index (κ3) is 7.48. The highest BCUT2D eigenvalue weighted by molar-refractivity contribution is 6.18. The van der Waals surface area contributed by atoms with Crippen LogP contribution in [0.4, 0.5) is 4.79 Å². The third-order valence-corrected chi connectivity index (χ3v) is 5.36. The van der Waals surface area contributed by atoms with Crippen LogP contribution in [0.15, 0.2) is 35.3 Å². The van der Waals surface area contributed by atoms with E-state index in [4.69, 9.17) is 14.2 Å². The average Bonchev–Trinajstić information content (AvgIpc) is 3.10. The topological polar surface area (TPSA) is 74.9 Å². The van der Waals surface area contributed by atoms with Gasteiger partial charge in [0.15, 0.2) is 5.76 Å². The molecule has 0 aliphatic carbocycles. The Kier molecular flexibility index (Phi) is 9.26. The molecule has 0 spiro atoms. The molecular weight excluding hydrogens is 418 g/mol. The molecule has 0 saturated carbocycles. The molecule has 33 heavy (non-hydrogen) atoms. The molecule has 2 aromatic rings. The number of nitrogens with zero attached hydrogens (tertiary/aromatic N) is 3. The van der Waals surface area contributed by atoms with E-state index >= 15 is 0 Å². The first-order valence-electron chi connectivity index (χ1n) is 11.3. The van der Waals surface area contributed by atoms with Gasteiger partial charge in [-0.25, -0.2) is 4.79 Å². The summed E-state index contributed by atoms with van der Waals surface area (Å²) in [6.07, 6.45) is 1.91. The number of ether oxygens (including phenoxy) is 3. The van der Waals surface area contributed by atoms with Crippen molar-refractivity contribution in [3.05, 3.63) is 52.8 Å². The number of carbonyl (C=O) groups excluding carboxylic acids is 1. The van der Waals surface area contributed by atoms with Crippen LogP contribution >= 0.6 is 0 Å². The van der Waals surface area contributed by atoms with E-state index in [1.807, 2.05) is 46.0 Å². The van der Waals surface area contributed by atoms with Crippen molar-refractivity contribution in [3.63, 3.8) is 0 Å². The Morgan fingerprint density at radius 2 is 1.85 bits per heavy atom. The summed E-state index contributed by atoms with van der Waals surface area (Å²) in [6.45, 7) is 12.5. The minimum absolute atomic E-state index is 0.0448. The van der Waals surface area contributed by atoms with Gasteiger partial charge in [-0.1, -0.05) is 65.3 Å². The quantitative estimate of drug-likeness (QED) is 0.208. The Balaban J connectivity index is 2.37. The summed E-state index contributed by atoms with van der Waals surface area (Å²) in [4.78, 5) is 16.2. The molecule has 1 atom stereocenters. The summed E-state index contributed by atoms with van der Waals surface area (Å²) in [7, 11) is 3.55. The Hall–Kier alpha value is -3.09. The Bertz CT molecular complexity index is 982. The third-order valence-electron chi connectivity index (χ3n) is 5.36. The monoisotopic (exact) mass is 455 g/mol. The molecule has 0 N–H and O–H groups in total. The van der Waals surface area contributed by atoms with Crippen molar-refractivity contribution in [2.24, 2.45) is 18.0 Å². The lowest BCUT2D eigenvalue weighted by atomic mass is 9.86. The molecule has 0 fully saturated rings. The maximum absolute atomic E-state index is 12.0. The number of hydrogen-bond acceptors (Lipinski definition) is 6. The summed E-state index contributed by atoms with van der Waals surface area (Å²) < 4.78 is 18.1. The van der Waals surface area contributed by atoms with Gasteiger partial charge < -0.3 is 14.2 Å². The van der Waals surface area contributed by atoms with Crippen molar-refractivity contribution in [3.8, 4) is 0 Å². The van der Waals surface area contributed by atoms with Crippen molar-refractivity contribution < 1.29 is 19.0 Å². The van der Waals surface area contributed by atoms with Crippen molar-refractivity contribution >= 4 is 23.7 Å². The summed E-state index contributed by atoms with van der Waals surface area (Å²) >= 11 is 0. The summed E-state index contributed by atoms with van der Waals surface area (Å²) in [5.74, 6) is 0.789. The molecule has 1 aromatic heterocycles. The van der Waals surface area contributed by atoms with Gasteiger partial charge in [-0.2, -0.15) is 5.10 Å². The minimum Gasteiger partial charge on any atom is -0.454 e. The molecule has 1 unspecified atom stereocenters. The smallest absolute Gasteiger partial charge is 0.454 e. The van der Waals surface area contributed by atoms with E-state index in [2.05, 4.69) is 43.0 Å². The SMILES string of the molecule is CCC(C)COC(=O)OCO/C(=C(/C=N\C)c1ccc(C(C)(C)C)cc1)c1cc(C)nn1C. The number of aryl methyl sites for hydroxylation is 2. The fourth-order valence-corrected chi connectivity index (χ4v) is 3.16. The van der Waals surface area contributed by atoms with Gasteiger partial charge in [0.05, 0.1) is 12.3 Å². The molecular formula is C26H37N3O4. The van der Waals surface area contributed by atoms with Gasteiger partial charge in [-0.3, -0.25) is 9.67 Å². The first-order valence-corrected chi connectivity index (χ1v) is 11.3. The molecule has 0 radical (unpaired) electrons. The lowest BCUT2D eigenvalue weighted by molar-refractivity contribution is -0.0103. The first-order chi connectivity index (χ1) is 15.6. The van der Waals surface area contributed by atoms with Gasteiger partial charge in [0.1, 0.15) is 5.69 Å². The van der Waals surface area contributed by atoms with Gasteiger partial charge >= 0.3 is 6.16 Å². The molecule has 0 bridgehead atoms. The lowest BCUT2D eigenvalue weighted by Crippen LogP contribution is -2.15. The number of allylic oxidation sites excluding steroid dienone is 1. The largest absolute Gasteiger partial charge is 0.511 e. The highest BCUT2D eigenvalue weighted by Crippen LogP contribution is 2.29. The zero-order chi connectivity index (χ0) is 24.6. The van der Waals surface area contributed by atoms with Gasteiger partial charge in [-0.05, 0) is 35.4 Å². The highest BCUT2D eigenvalue weighted by Gasteiger charge is 2.19. The second-order valence-electron chi connectivity index (χ2n) is 9.23. The molecule has 0 saturated heterocycles. The van der Waals surface area contributed by atoms with Crippen LogP contribution < -0.4 is 0 Å². The average molecular weight is 456 g/mol. The van der Waals surface area contributed by atoms with E-state index in [9.17, 15) is 4.79 Å². The van der Waals surface area contributed by atoms with Crippen LogP contribution in [0.2, 0.25) is 0 Å². The van der Waals surface area contributed by atoms with Gasteiger partial charge in [0.25, 0.3) is 0 Å². The van der Waals surface area contributed by atoms with E-state index in [0.717, 1.165) is 28.9 Å². The predicted octanol–water partition coefficient (Wildman–Crippen LogP) is 5.77. The fraction of sp³-hybridized carbons (Fsp3) is 0.500. The summed E-state index contributed by atoms with van der Waals surface area (Å²) in [6, 6.07) is 10.2. The maximum atomic E-state index is 12.0. The molecule has 2 rings (SSSR count). The van der Waals surface area contributed by atoms with Crippen LogP contribution in [-0.2, 0) is 26.7 Å². The molecule has 7 heteroatoms. The first kappa shape index (κ1) is 26.2. The molecule has 7 nitrogen and oxygen atoms in total. The van der Waals surface area contributed by atoms with Crippen molar-refractivity contribution in [2.45, 2.75) is 53.4 Å². The predicted molar refractivity (Wildman–Crippen MR) is 132 cm³/mol. The van der Waals surface area contributed by atoms with Crippen LogP contribution in [0.1, 0.15) is 63.6 Å². The summed E-state index contributed by atoms with van der Waals surface area (Å²) in [5.41, 5.74) is 4.56. The van der Waals surface area contributed by atoms with Crippen LogP contribution in [0.3, 0.4) is 0 Å². The molecule has 0 aliphatic heterocycles. The molecule has 1 heterocycles. The zero-order valence-electron chi connectivity index (χ0n) is 21.1. The van der Waals surface area contributed by atoms with Crippen LogP contribution in [0.25, 0.3) is 11.3 Å². The van der Waals surface area contributed by atoms with E-state index in [1.54, 1.807) is 17.9 Å². The van der Waals surface area contributed by atoms with E-state index in [0.29, 0.717) is 12.4 Å². The lowest BCUT2D eigenvalue weighted by Gasteiger charge is -2.20. The van der Waals surface area contributed by atoms with Crippen molar-refractivity contribution in [1.29, 1.82) is 0 Å². The Morgan fingerprint density at radius 1 is 1.18 bits per heavy atom. The van der Waals surface area contributed by atoms with Crippen LogP contribution in [0, 0.1) is 12.8 Å². The number of aliphatic imine (C=N–C) groups is 1. The Labute approximate surface area is 197 Å². The number of carbonyl (C=O) groups is 1. The molecule has 1 aromatic carbocycles. The van der Waals surface area contributed by atoms with Crippen molar-refractivity contribution in [1.82, 2.24) is 9.78 Å². The number of rotatable bonds is 9. The number of hydrogen-bond donors (Lipinski definition) is 0. The number of benzene rings is 1. The highest BCUT2D eigenvalue weighted by atomic mass is 16.8. The number of aromatic nitrogens is 2. The van der Waals surface area contributed by atoms with E-state index in [-0.39, 0.29) is 18.1 Å². The van der Waals surface area contributed by atoms with E-state index in [1.165, 1.54) is 5.56 Å². The van der Waals surface area contributed by atoms with Gasteiger partial charge in [0.2, 0.25) is 6.79 Å². The van der Waals surface area contributed by atoms with E-state index < -0.39 is 6.16 Å². The molecule has 180 valence electrons. The van der Waals surface area contributed by atoms with Crippen molar-refractivity contribution in [2.75, 3.05) is 20.4 Å².